The van der Waals surface area contributed by atoms with Crippen LogP contribution in [0, 0.1) is 41.3 Å². The van der Waals surface area contributed by atoms with Crippen molar-refractivity contribution in [3.05, 3.63) is 60.2 Å². The molecule has 2 saturated heterocycles. The first-order valence-corrected chi connectivity index (χ1v) is 12.9. The van der Waals surface area contributed by atoms with Gasteiger partial charge in [-0.1, -0.05) is 30.3 Å². The van der Waals surface area contributed by atoms with Crippen LogP contribution in [0.5, 0.6) is 0 Å². The van der Waals surface area contributed by atoms with Crippen LogP contribution in [0.2, 0.25) is 0 Å². The average molecular weight is 475 g/mol. The number of pyridine rings is 1. The van der Waals surface area contributed by atoms with E-state index in [1.165, 1.54) is 6.07 Å². The molecule has 1 aromatic heterocycles. The minimum atomic E-state index is -0.261. The molecular formula is C29H31FN2O3. The van der Waals surface area contributed by atoms with Crippen LogP contribution in [0.15, 0.2) is 48.7 Å². The number of ether oxygens (including phenoxy) is 1. The predicted octanol–water partition coefficient (Wildman–Crippen LogP) is 4.97. The highest BCUT2D eigenvalue weighted by Gasteiger charge is 2.55. The fraction of sp³-hybridized carbons (Fsp3) is 0.483. The Hall–Kier alpha value is -3.02. The lowest BCUT2D eigenvalue weighted by Crippen LogP contribution is -2.51. The van der Waals surface area contributed by atoms with Gasteiger partial charge in [0, 0.05) is 42.2 Å². The average Bonchev–Trinajstić information content (AvgIpc) is 3.68. The molecule has 6 atom stereocenters. The number of fused-ring (bicyclic) bond motifs is 2. The van der Waals surface area contributed by atoms with Crippen LogP contribution in [-0.2, 0) is 14.3 Å². The quantitative estimate of drug-likeness (QED) is 0.587. The monoisotopic (exact) mass is 474 g/mol. The molecule has 1 amide bonds. The van der Waals surface area contributed by atoms with E-state index in [1.54, 1.807) is 18.3 Å². The highest BCUT2D eigenvalue weighted by Crippen LogP contribution is 2.52. The minimum absolute atomic E-state index is 0.0858. The third-order valence-corrected chi connectivity index (χ3v) is 8.60. The number of halogens is 1. The van der Waals surface area contributed by atoms with Crippen LogP contribution < -0.4 is 0 Å². The van der Waals surface area contributed by atoms with Crippen molar-refractivity contribution in [1.82, 2.24) is 9.88 Å². The molecule has 2 aliphatic carbocycles. The smallest absolute Gasteiger partial charge is 0.309 e. The minimum Gasteiger partial charge on any atom is -0.462 e. The summed E-state index contributed by atoms with van der Waals surface area (Å²) in [6.45, 7) is 3.57. The second-order valence-electron chi connectivity index (χ2n) is 10.7. The largest absolute Gasteiger partial charge is 0.462 e. The maximum atomic E-state index is 14.1. The van der Waals surface area contributed by atoms with Crippen LogP contribution in [0.1, 0.15) is 38.3 Å². The van der Waals surface area contributed by atoms with Gasteiger partial charge in [0.05, 0.1) is 11.6 Å². The topological polar surface area (TPSA) is 59.5 Å². The third kappa shape index (κ3) is 4.17. The Balaban J connectivity index is 1.24. The summed E-state index contributed by atoms with van der Waals surface area (Å²) in [5.74, 6) is 1.18. The summed E-state index contributed by atoms with van der Waals surface area (Å²) >= 11 is 0. The van der Waals surface area contributed by atoms with E-state index < -0.39 is 0 Å². The van der Waals surface area contributed by atoms with Crippen molar-refractivity contribution in [2.24, 2.45) is 35.5 Å². The zero-order valence-electron chi connectivity index (χ0n) is 20.0. The Kier molecular flexibility index (Phi) is 5.70. The van der Waals surface area contributed by atoms with Gasteiger partial charge in [-0.05, 0) is 68.6 Å². The Bertz CT molecular complexity index is 1160. The second-order valence-corrected chi connectivity index (χ2v) is 10.7. The predicted molar refractivity (Wildman–Crippen MR) is 130 cm³/mol. The van der Waals surface area contributed by atoms with E-state index in [9.17, 15) is 14.0 Å². The first kappa shape index (κ1) is 22.4. The lowest BCUT2D eigenvalue weighted by atomic mass is 9.59. The fourth-order valence-electron chi connectivity index (χ4n) is 6.71. The summed E-state index contributed by atoms with van der Waals surface area (Å²) < 4.78 is 19.8. The number of carbonyl (C=O) groups excluding carboxylic acids is 2. The number of carbonyl (C=O) groups is 2. The number of hydrogen-bond acceptors (Lipinski definition) is 4. The first-order valence-electron chi connectivity index (χ1n) is 12.9. The number of benzene rings is 1. The van der Waals surface area contributed by atoms with Crippen molar-refractivity contribution >= 4 is 18.0 Å². The number of amides is 1. The van der Waals surface area contributed by atoms with Gasteiger partial charge in [-0.25, -0.2) is 4.39 Å². The van der Waals surface area contributed by atoms with Gasteiger partial charge in [-0.15, -0.1) is 0 Å². The molecule has 2 saturated carbocycles. The molecule has 0 spiro atoms. The van der Waals surface area contributed by atoms with Crippen molar-refractivity contribution in [1.29, 1.82) is 0 Å². The molecule has 5 nitrogen and oxygen atoms in total. The molecule has 2 aliphatic heterocycles. The van der Waals surface area contributed by atoms with E-state index in [0.29, 0.717) is 23.3 Å². The fourth-order valence-corrected chi connectivity index (χ4v) is 6.71. The van der Waals surface area contributed by atoms with Gasteiger partial charge < -0.3 is 9.64 Å². The molecule has 1 aromatic carbocycles. The molecule has 2 aromatic rings. The van der Waals surface area contributed by atoms with E-state index in [0.717, 1.165) is 50.0 Å². The lowest BCUT2D eigenvalue weighted by Gasteiger charge is -2.48. The normalized spacial score (nSPS) is 32.3. The van der Waals surface area contributed by atoms with Crippen LogP contribution >= 0.6 is 0 Å². The lowest BCUT2D eigenvalue weighted by molar-refractivity contribution is -0.144. The Morgan fingerprint density at radius 1 is 1.17 bits per heavy atom. The second kappa shape index (κ2) is 8.89. The Labute approximate surface area is 205 Å². The highest BCUT2D eigenvalue weighted by molar-refractivity contribution is 5.81. The molecule has 5 unspecified atom stereocenters. The Morgan fingerprint density at radius 2 is 2.00 bits per heavy atom. The van der Waals surface area contributed by atoms with Gasteiger partial charge in [0.2, 0.25) is 5.91 Å². The van der Waals surface area contributed by atoms with Crippen molar-refractivity contribution in [2.45, 2.75) is 38.7 Å². The van der Waals surface area contributed by atoms with Crippen LogP contribution in [-0.4, -0.2) is 41.0 Å². The summed E-state index contributed by atoms with van der Waals surface area (Å²) in [6, 6.07) is 10.5. The molecular weight excluding hydrogens is 443 g/mol. The summed E-state index contributed by atoms with van der Waals surface area (Å²) in [6.07, 6.45) is 9.67. The molecule has 35 heavy (non-hydrogen) atoms. The molecule has 3 heterocycles. The van der Waals surface area contributed by atoms with E-state index in [-0.39, 0.29) is 41.6 Å². The van der Waals surface area contributed by atoms with Crippen molar-refractivity contribution in [2.75, 3.05) is 13.1 Å². The van der Waals surface area contributed by atoms with Crippen LogP contribution in [0.25, 0.3) is 17.2 Å². The third-order valence-electron chi connectivity index (χ3n) is 8.60. The first-order chi connectivity index (χ1) is 17.0. The van der Waals surface area contributed by atoms with Crippen molar-refractivity contribution in [3.63, 3.8) is 0 Å². The number of rotatable bonds is 4. The van der Waals surface area contributed by atoms with Gasteiger partial charge in [0.1, 0.15) is 11.9 Å². The van der Waals surface area contributed by atoms with Crippen molar-refractivity contribution < 1.29 is 18.7 Å². The molecule has 6 heteroatoms. The summed E-state index contributed by atoms with van der Waals surface area (Å²) in [7, 11) is 0. The van der Waals surface area contributed by atoms with Crippen molar-refractivity contribution in [3.8, 4) is 11.1 Å². The number of aromatic nitrogens is 1. The number of likely N-dealkylation sites (tertiary alicyclic amines) is 1. The highest BCUT2D eigenvalue weighted by atomic mass is 19.1. The number of piperidine rings is 1. The number of allylic oxidation sites excluding steroid dienone is 1. The number of esters is 1. The summed E-state index contributed by atoms with van der Waals surface area (Å²) in [5, 5.41) is 0. The molecule has 182 valence electrons. The molecule has 6 rings (SSSR count). The molecule has 0 N–H and O–H groups in total. The van der Waals surface area contributed by atoms with E-state index in [1.807, 2.05) is 36.1 Å². The standard InChI is InChI=1S/C29H31FN2O3/c1-17-27-24(11-10-21-9-8-19(15-31-21)23-4-2-3-5-26(23)30)22-12-13-32(28(33)18-6-7-18)16-20(22)14-25(27)29(34)35-17/h2-5,8-11,15,17-18,20,22,24-25,27H,6-7,12-14,16H2,1H3/b11-10+/t17-,20?,22?,24?,25?,27?/m1/s1. The summed E-state index contributed by atoms with van der Waals surface area (Å²) in [5.41, 5.74) is 2.09. The van der Waals surface area contributed by atoms with E-state index in [2.05, 4.69) is 11.1 Å². The van der Waals surface area contributed by atoms with Crippen LogP contribution in [0.3, 0.4) is 0 Å². The SMILES string of the molecule is C[C@H]1OC(=O)C2CC3CN(C(=O)C4CC4)CCC3C(/C=C/c3ccc(-c4ccccc4F)cn3)C21. The van der Waals surface area contributed by atoms with Gasteiger partial charge in [-0.2, -0.15) is 0 Å². The van der Waals surface area contributed by atoms with Gasteiger partial charge >= 0.3 is 5.97 Å². The maximum Gasteiger partial charge on any atom is 0.309 e. The van der Waals surface area contributed by atoms with Gasteiger partial charge in [0.25, 0.3) is 0 Å². The van der Waals surface area contributed by atoms with Gasteiger partial charge in [-0.3, -0.25) is 14.6 Å². The molecule has 4 fully saturated rings. The van der Waals surface area contributed by atoms with E-state index >= 15 is 0 Å². The molecule has 4 aliphatic rings. The molecule has 0 radical (unpaired) electrons. The number of nitrogens with zero attached hydrogens (tertiary/aromatic N) is 2. The number of hydrogen-bond donors (Lipinski definition) is 0. The maximum absolute atomic E-state index is 14.1. The zero-order valence-corrected chi connectivity index (χ0v) is 20.0. The zero-order chi connectivity index (χ0) is 24.1. The number of cyclic esters (lactones) is 1. The van der Waals surface area contributed by atoms with Gasteiger partial charge in [0.15, 0.2) is 0 Å². The Morgan fingerprint density at radius 3 is 2.74 bits per heavy atom. The molecule has 0 bridgehead atoms. The summed E-state index contributed by atoms with van der Waals surface area (Å²) in [4.78, 5) is 32.0. The van der Waals surface area contributed by atoms with E-state index in [4.69, 9.17) is 4.74 Å². The van der Waals surface area contributed by atoms with Crippen LogP contribution in [0.4, 0.5) is 4.39 Å².